The number of hydrogen-bond acceptors (Lipinski definition) is 5. The maximum Gasteiger partial charge on any atom is 0.282 e. The second-order valence-corrected chi connectivity index (χ2v) is 13.1. The molecule has 0 aliphatic rings. The predicted molar refractivity (Wildman–Crippen MR) is 200 cm³/mol. The van der Waals surface area contributed by atoms with Gasteiger partial charge in [0.1, 0.15) is 18.1 Å². The Morgan fingerprint density at radius 3 is 2.39 bits per heavy atom. The second-order valence-electron chi connectivity index (χ2n) is 12.3. The highest BCUT2D eigenvalue weighted by molar-refractivity contribution is 6.35. The zero-order chi connectivity index (χ0) is 34.8. The third-order valence-corrected chi connectivity index (χ3v) is 9.15. The summed E-state index contributed by atoms with van der Waals surface area (Å²) in [6.07, 6.45) is 1.74. The first-order valence-corrected chi connectivity index (χ1v) is 17.0. The molecule has 0 bridgehead atoms. The van der Waals surface area contributed by atoms with Gasteiger partial charge in [-0.2, -0.15) is 9.78 Å². The third-order valence-electron chi connectivity index (χ3n) is 8.56. The topological polar surface area (TPSA) is 70.6 Å². The Balaban J connectivity index is 1.35. The van der Waals surface area contributed by atoms with E-state index < -0.39 is 0 Å². The van der Waals surface area contributed by atoms with Gasteiger partial charge in [-0.1, -0.05) is 55.2 Å². The lowest BCUT2D eigenvalue weighted by atomic mass is 9.96. The zero-order valence-corrected chi connectivity index (χ0v) is 29.9. The van der Waals surface area contributed by atoms with Crippen LogP contribution in [0.1, 0.15) is 60.3 Å². The molecule has 0 unspecified atom stereocenters. The van der Waals surface area contributed by atoms with Crippen LogP contribution < -0.4 is 15.0 Å². The lowest BCUT2D eigenvalue weighted by Gasteiger charge is -2.18. The summed E-state index contributed by atoms with van der Waals surface area (Å²) in [4.78, 5) is 19.0. The fourth-order valence-electron chi connectivity index (χ4n) is 6.00. The predicted octanol–water partition coefficient (Wildman–Crippen LogP) is 10.1. The lowest BCUT2D eigenvalue weighted by molar-refractivity contribution is 0.306. The molecule has 0 N–H and O–H groups in total. The molecule has 6 aromatic rings. The number of para-hydroxylation sites is 1. The monoisotopic (exact) mass is 692 g/mol. The average molecular weight is 694 g/mol. The Morgan fingerprint density at radius 2 is 1.67 bits per heavy atom. The minimum absolute atomic E-state index is 0.207. The molecule has 0 aliphatic heterocycles. The molecule has 2 heterocycles. The van der Waals surface area contributed by atoms with E-state index in [9.17, 15) is 4.79 Å². The van der Waals surface area contributed by atoms with E-state index in [-0.39, 0.29) is 11.5 Å². The first-order chi connectivity index (χ1) is 23.5. The van der Waals surface area contributed by atoms with E-state index in [0.717, 1.165) is 56.4 Å². The van der Waals surface area contributed by atoms with Crippen LogP contribution in [0.4, 0.5) is 0 Å². The van der Waals surface area contributed by atoms with E-state index in [1.54, 1.807) is 24.4 Å². The van der Waals surface area contributed by atoms with Crippen LogP contribution in [-0.4, -0.2) is 27.0 Å². The van der Waals surface area contributed by atoms with Gasteiger partial charge in [-0.15, -0.1) is 0 Å². The van der Waals surface area contributed by atoms with Gasteiger partial charge in [-0.05, 0) is 111 Å². The van der Waals surface area contributed by atoms with Crippen molar-refractivity contribution < 1.29 is 9.47 Å². The average Bonchev–Trinajstić information content (AvgIpc) is 3.36. The summed E-state index contributed by atoms with van der Waals surface area (Å²) in [6.45, 7) is 13.2. The maximum atomic E-state index is 14.0. The van der Waals surface area contributed by atoms with Crippen LogP contribution in [0.2, 0.25) is 10.0 Å². The Labute approximate surface area is 296 Å². The van der Waals surface area contributed by atoms with E-state index in [0.29, 0.717) is 40.0 Å². The van der Waals surface area contributed by atoms with Crippen molar-refractivity contribution in [2.45, 2.75) is 54.1 Å². The molecule has 250 valence electrons. The first kappa shape index (κ1) is 34.0. The summed E-state index contributed by atoms with van der Waals surface area (Å²) < 4.78 is 15.5. The van der Waals surface area contributed by atoms with Crippen LogP contribution in [0.3, 0.4) is 0 Å². The summed E-state index contributed by atoms with van der Waals surface area (Å²) in [7, 11) is 0. The number of rotatable bonds is 10. The first-order valence-electron chi connectivity index (χ1n) is 16.3. The van der Waals surface area contributed by atoms with Crippen molar-refractivity contribution in [3.63, 3.8) is 0 Å². The van der Waals surface area contributed by atoms with Gasteiger partial charge in [-0.25, -0.2) is 4.98 Å². The smallest absolute Gasteiger partial charge is 0.282 e. The standard InChI is InChI=1S/C40H38Cl2N4O3/c1-7-48-38-18-25(4)35(21-34(38)24(2)3)39-44-37-11-9-8-10-33(37)40(47)46(39)43-22-29-19-26(5)45(27(29)6)31-14-16-32(17-15-31)49-23-28-12-13-30(41)20-36(28)42/h8-22,24H,7,23H2,1-6H3. The molecule has 49 heavy (non-hydrogen) atoms. The Kier molecular flexibility index (Phi) is 9.95. The van der Waals surface area contributed by atoms with Crippen molar-refractivity contribution in [1.82, 2.24) is 14.2 Å². The molecule has 6 rings (SSSR count). The third kappa shape index (κ3) is 7.00. The summed E-state index contributed by atoms with van der Waals surface area (Å²) in [5.74, 6) is 2.25. The van der Waals surface area contributed by atoms with Gasteiger partial charge in [0.05, 0.1) is 23.7 Å². The number of ether oxygens (including phenoxy) is 2. The highest BCUT2D eigenvalue weighted by atomic mass is 35.5. The van der Waals surface area contributed by atoms with Crippen LogP contribution in [0.25, 0.3) is 28.0 Å². The number of aromatic nitrogens is 3. The van der Waals surface area contributed by atoms with Crippen molar-refractivity contribution in [2.24, 2.45) is 5.10 Å². The van der Waals surface area contributed by atoms with Gasteiger partial charge in [0.15, 0.2) is 5.82 Å². The molecule has 7 nitrogen and oxygen atoms in total. The largest absolute Gasteiger partial charge is 0.494 e. The molecule has 0 amide bonds. The Hall–Kier alpha value is -4.85. The molecule has 0 fully saturated rings. The van der Waals surface area contributed by atoms with Crippen molar-refractivity contribution in [2.75, 3.05) is 6.61 Å². The van der Waals surface area contributed by atoms with Crippen molar-refractivity contribution in [3.05, 3.63) is 139 Å². The summed E-state index contributed by atoms with van der Waals surface area (Å²) in [5.41, 5.74) is 7.93. The molecular formula is C40H38Cl2N4O3. The quantitative estimate of drug-likeness (QED) is 0.134. The van der Waals surface area contributed by atoms with Gasteiger partial charge in [0.2, 0.25) is 0 Å². The Bertz CT molecular complexity index is 2250. The van der Waals surface area contributed by atoms with Gasteiger partial charge in [0.25, 0.3) is 5.56 Å². The van der Waals surface area contributed by atoms with Crippen LogP contribution in [0.15, 0.2) is 94.8 Å². The number of nitrogens with zero attached hydrogens (tertiary/aromatic N) is 4. The minimum Gasteiger partial charge on any atom is -0.494 e. The minimum atomic E-state index is -0.236. The molecule has 2 aromatic heterocycles. The van der Waals surface area contributed by atoms with Crippen LogP contribution in [-0.2, 0) is 6.61 Å². The number of halogens is 2. The fourth-order valence-corrected chi connectivity index (χ4v) is 6.47. The molecule has 9 heteroatoms. The molecule has 0 aliphatic carbocycles. The summed E-state index contributed by atoms with van der Waals surface area (Å²) in [5, 5.41) is 6.46. The van der Waals surface area contributed by atoms with Crippen molar-refractivity contribution in [1.29, 1.82) is 0 Å². The maximum absolute atomic E-state index is 14.0. The molecular weight excluding hydrogens is 655 g/mol. The summed E-state index contributed by atoms with van der Waals surface area (Å²) >= 11 is 12.3. The number of benzene rings is 4. The number of fused-ring (bicyclic) bond motifs is 1. The van der Waals surface area contributed by atoms with E-state index in [1.807, 2.05) is 82.3 Å². The zero-order valence-electron chi connectivity index (χ0n) is 28.4. The molecule has 0 saturated heterocycles. The highest BCUT2D eigenvalue weighted by Crippen LogP contribution is 2.34. The normalized spacial score (nSPS) is 11.6. The van der Waals surface area contributed by atoms with Crippen LogP contribution in [0.5, 0.6) is 11.5 Å². The van der Waals surface area contributed by atoms with Gasteiger partial charge in [-0.3, -0.25) is 4.79 Å². The number of aryl methyl sites for hydroxylation is 2. The molecule has 0 saturated carbocycles. The van der Waals surface area contributed by atoms with Gasteiger partial charge >= 0.3 is 0 Å². The molecule has 4 aromatic carbocycles. The van der Waals surface area contributed by atoms with Gasteiger partial charge in [0, 0.05) is 43.8 Å². The lowest BCUT2D eigenvalue weighted by Crippen LogP contribution is -2.21. The van der Waals surface area contributed by atoms with Crippen molar-refractivity contribution in [3.8, 4) is 28.6 Å². The molecule has 0 radical (unpaired) electrons. The SMILES string of the molecule is CCOc1cc(C)c(-c2nc3ccccc3c(=O)n2N=Cc2cc(C)n(-c3ccc(OCc4ccc(Cl)cc4Cl)cc3)c2C)cc1C(C)C. The van der Waals surface area contributed by atoms with Crippen molar-refractivity contribution >= 4 is 40.3 Å². The Morgan fingerprint density at radius 1 is 0.918 bits per heavy atom. The second kappa shape index (κ2) is 14.3. The van der Waals surface area contributed by atoms with Gasteiger partial charge < -0.3 is 14.0 Å². The van der Waals surface area contributed by atoms with E-state index >= 15 is 0 Å². The van der Waals surface area contributed by atoms with E-state index in [2.05, 4.69) is 30.5 Å². The number of hydrogen-bond donors (Lipinski definition) is 0. The molecule has 0 spiro atoms. The summed E-state index contributed by atoms with van der Waals surface area (Å²) in [6, 6.07) is 26.8. The fraction of sp³-hybridized carbons (Fsp3) is 0.225. The highest BCUT2D eigenvalue weighted by Gasteiger charge is 2.19. The van der Waals surface area contributed by atoms with Crippen LogP contribution in [0, 0.1) is 20.8 Å². The molecule has 0 atom stereocenters. The van der Waals surface area contributed by atoms with E-state index in [1.165, 1.54) is 4.68 Å². The van der Waals surface area contributed by atoms with E-state index in [4.69, 9.17) is 42.8 Å². The van der Waals surface area contributed by atoms with Crippen LogP contribution >= 0.6 is 23.2 Å².